The number of alkyl halides is 3. The van der Waals surface area contributed by atoms with Crippen LogP contribution in [0.3, 0.4) is 0 Å². The highest BCUT2D eigenvalue weighted by Gasteiger charge is 2.31. The molecule has 2 rings (SSSR count). The first kappa shape index (κ1) is 13.6. The first-order valence-corrected chi connectivity index (χ1v) is 5.50. The van der Waals surface area contributed by atoms with Gasteiger partial charge in [0.25, 0.3) is 0 Å². The lowest BCUT2D eigenvalue weighted by Crippen LogP contribution is -2.08. The fraction of sp³-hybridized carbons (Fsp3) is 0.300. The Morgan fingerprint density at radius 3 is 2.63 bits per heavy atom. The molecule has 5 nitrogen and oxygen atoms in total. The maximum Gasteiger partial charge on any atom is 0.416 e. The van der Waals surface area contributed by atoms with Crippen LogP contribution in [0.15, 0.2) is 16.7 Å². The standard InChI is InChI=1S/C10H8ClF3N4O/c1-5-16-9(19-18-5)4-15-8-3-6(10(12,13)14)2-7(11)17-8/h2-3H,4H2,1H3,(H,15,17). The quantitative estimate of drug-likeness (QED) is 0.881. The van der Waals surface area contributed by atoms with E-state index >= 15 is 0 Å². The highest BCUT2D eigenvalue weighted by molar-refractivity contribution is 6.29. The number of rotatable bonds is 3. The molecule has 0 bridgehead atoms. The zero-order valence-electron chi connectivity index (χ0n) is 9.62. The Balaban J connectivity index is 2.14. The molecule has 0 aromatic carbocycles. The fourth-order valence-corrected chi connectivity index (χ4v) is 1.54. The van der Waals surface area contributed by atoms with Gasteiger partial charge in [-0.25, -0.2) is 4.98 Å². The van der Waals surface area contributed by atoms with E-state index in [-0.39, 0.29) is 23.4 Å². The lowest BCUT2D eigenvalue weighted by molar-refractivity contribution is -0.137. The predicted octanol–water partition coefficient (Wildman–Crippen LogP) is 3.06. The second-order valence-electron chi connectivity index (χ2n) is 3.65. The molecule has 102 valence electrons. The number of hydrogen-bond acceptors (Lipinski definition) is 5. The SMILES string of the molecule is Cc1noc(CNc2cc(C(F)(F)F)cc(Cl)n2)n1. The van der Waals surface area contributed by atoms with Crippen molar-refractivity contribution in [2.24, 2.45) is 0 Å². The van der Waals surface area contributed by atoms with Crippen LogP contribution in [0.25, 0.3) is 0 Å². The Morgan fingerprint density at radius 2 is 2.05 bits per heavy atom. The molecule has 0 spiro atoms. The number of pyridine rings is 1. The van der Waals surface area contributed by atoms with Gasteiger partial charge in [0.2, 0.25) is 5.89 Å². The minimum absolute atomic E-state index is 0.0179. The molecule has 0 saturated carbocycles. The molecule has 0 aliphatic rings. The Labute approximate surface area is 110 Å². The third kappa shape index (κ3) is 3.57. The van der Waals surface area contributed by atoms with E-state index in [1.807, 2.05) is 0 Å². The monoisotopic (exact) mass is 292 g/mol. The zero-order valence-corrected chi connectivity index (χ0v) is 10.4. The maximum atomic E-state index is 12.6. The van der Waals surface area contributed by atoms with Gasteiger partial charge in [-0.2, -0.15) is 18.2 Å². The number of halogens is 4. The van der Waals surface area contributed by atoms with Gasteiger partial charge in [-0.1, -0.05) is 16.8 Å². The van der Waals surface area contributed by atoms with Gasteiger partial charge < -0.3 is 9.84 Å². The van der Waals surface area contributed by atoms with Gasteiger partial charge in [0.15, 0.2) is 5.82 Å². The van der Waals surface area contributed by atoms with E-state index in [0.717, 1.165) is 12.1 Å². The van der Waals surface area contributed by atoms with E-state index in [2.05, 4.69) is 20.4 Å². The third-order valence-corrected chi connectivity index (χ3v) is 2.31. The molecular formula is C10H8ClF3N4O. The average molecular weight is 293 g/mol. The second-order valence-corrected chi connectivity index (χ2v) is 4.04. The number of anilines is 1. The van der Waals surface area contributed by atoms with E-state index in [1.165, 1.54) is 0 Å². The van der Waals surface area contributed by atoms with Crippen LogP contribution >= 0.6 is 11.6 Å². The van der Waals surface area contributed by atoms with Crippen LogP contribution in [-0.2, 0) is 12.7 Å². The highest BCUT2D eigenvalue weighted by atomic mass is 35.5. The van der Waals surface area contributed by atoms with Crippen molar-refractivity contribution in [1.82, 2.24) is 15.1 Å². The molecular weight excluding hydrogens is 285 g/mol. The molecule has 0 unspecified atom stereocenters. The Bertz CT molecular complexity index is 584. The molecule has 0 fully saturated rings. The van der Waals surface area contributed by atoms with Crippen molar-refractivity contribution in [3.8, 4) is 0 Å². The van der Waals surface area contributed by atoms with Crippen molar-refractivity contribution in [2.75, 3.05) is 5.32 Å². The largest absolute Gasteiger partial charge is 0.416 e. The first-order valence-electron chi connectivity index (χ1n) is 5.12. The molecule has 2 aromatic rings. The fourth-order valence-electron chi connectivity index (χ4n) is 1.33. The van der Waals surface area contributed by atoms with Crippen LogP contribution in [-0.4, -0.2) is 15.1 Å². The van der Waals surface area contributed by atoms with Gasteiger partial charge >= 0.3 is 6.18 Å². The average Bonchev–Trinajstić information content (AvgIpc) is 2.71. The number of aromatic nitrogens is 3. The number of hydrogen-bond donors (Lipinski definition) is 1. The molecule has 0 aliphatic heterocycles. The van der Waals surface area contributed by atoms with Crippen molar-refractivity contribution in [1.29, 1.82) is 0 Å². The van der Waals surface area contributed by atoms with Crippen LogP contribution in [0.4, 0.5) is 19.0 Å². The van der Waals surface area contributed by atoms with E-state index in [0.29, 0.717) is 5.82 Å². The zero-order chi connectivity index (χ0) is 14.0. The molecule has 0 radical (unpaired) electrons. The molecule has 0 aliphatic carbocycles. The second kappa shape index (κ2) is 5.04. The van der Waals surface area contributed by atoms with Gasteiger partial charge in [0.05, 0.1) is 12.1 Å². The number of aryl methyl sites for hydroxylation is 1. The summed E-state index contributed by atoms with van der Waals surface area (Å²) in [6.45, 7) is 1.69. The van der Waals surface area contributed by atoms with Crippen LogP contribution < -0.4 is 5.32 Å². The minimum Gasteiger partial charge on any atom is -0.361 e. The summed E-state index contributed by atoms with van der Waals surface area (Å²) in [6, 6.07) is 1.61. The van der Waals surface area contributed by atoms with E-state index in [9.17, 15) is 13.2 Å². The summed E-state index contributed by atoms with van der Waals surface area (Å²) >= 11 is 5.54. The summed E-state index contributed by atoms with van der Waals surface area (Å²) in [4.78, 5) is 7.63. The van der Waals surface area contributed by atoms with Crippen LogP contribution in [0.1, 0.15) is 17.3 Å². The van der Waals surface area contributed by atoms with E-state index in [1.54, 1.807) is 6.92 Å². The molecule has 0 saturated heterocycles. The van der Waals surface area contributed by atoms with Gasteiger partial charge in [-0.05, 0) is 19.1 Å². The molecule has 2 aromatic heterocycles. The van der Waals surface area contributed by atoms with Gasteiger partial charge in [0.1, 0.15) is 11.0 Å². The summed E-state index contributed by atoms with van der Waals surface area (Å²) in [5, 5.41) is 5.94. The van der Waals surface area contributed by atoms with Crippen molar-refractivity contribution in [3.63, 3.8) is 0 Å². The smallest absolute Gasteiger partial charge is 0.361 e. The molecule has 9 heteroatoms. The van der Waals surface area contributed by atoms with Crippen LogP contribution in [0, 0.1) is 6.92 Å². The van der Waals surface area contributed by atoms with Gasteiger partial charge in [-0.15, -0.1) is 0 Å². The van der Waals surface area contributed by atoms with Crippen LogP contribution in [0.2, 0.25) is 5.15 Å². The topological polar surface area (TPSA) is 63.8 Å². The van der Waals surface area contributed by atoms with Crippen LogP contribution in [0.5, 0.6) is 0 Å². The van der Waals surface area contributed by atoms with Crippen molar-refractivity contribution in [2.45, 2.75) is 19.6 Å². The van der Waals surface area contributed by atoms with E-state index < -0.39 is 11.7 Å². The maximum absolute atomic E-state index is 12.6. The summed E-state index contributed by atoms with van der Waals surface area (Å²) < 4.78 is 42.5. The summed E-state index contributed by atoms with van der Waals surface area (Å²) in [5.41, 5.74) is -0.878. The van der Waals surface area contributed by atoms with E-state index in [4.69, 9.17) is 16.1 Å². The van der Waals surface area contributed by atoms with Crippen molar-refractivity contribution in [3.05, 3.63) is 34.6 Å². The molecule has 1 N–H and O–H groups in total. The summed E-state index contributed by atoms with van der Waals surface area (Å²) in [7, 11) is 0. The summed E-state index contributed by atoms with van der Waals surface area (Å²) in [5.74, 6) is 0.662. The Hall–Kier alpha value is -1.83. The Kier molecular flexibility index (Phi) is 3.61. The molecule has 19 heavy (non-hydrogen) atoms. The van der Waals surface area contributed by atoms with Crippen molar-refractivity contribution >= 4 is 17.4 Å². The number of nitrogens with one attached hydrogen (secondary N) is 1. The molecule has 0 atom stereocenters. The molecule has 2 heterocycles. The van der Waals surface area contributed by atoms with Crippen molar-refractivity contribution < 1.29 is 17.7 Å². The van der Waals surface area contributed by atoms with Gasteiger partial charge in [0, 0.05) is 0 Å². The highest BCUT2D eigenvalue weighted by Crippen LogP contribution is 2.31. The first-order chi connectivity index (χ1) is 8.84. The number of nitrogens with zero attached hydrogens (tertiary/aromatic N) is 3. The molecule has 0 amide bonds. The predicted molar refractivity (Wildman–Crippen MR) is 60.6 cm³/mol. The lowest BCUT2D eigenvalue weighted by Gasteiger charge is -2.09. The summed E-state index contributed by atoms with van der Waals surface area (Å²) in [6.07, 6.45) is -4.48. The minimum atomic E-state index is -4.48. The lowest BCUT2D eigenvalue weighted by atomic mass is 10.2. The third-order valence-electron chi connectivity index (χ3n) is 2.11. The van der Waals surface area contributed by atoms with Gasteiger partial charge in [-0.3, -0.25) is 0 Å². The normalized spacial score (nSPS) is 11.6. The Morgan fingerprint density at radius 1 is 1.32 bits per heavy atom.